The lowest BCUT2D eigenvalue weighted by atomic mass is 9.90. The van der Waals surface area contributed by atoms with Crippen molar-refractivity contribution in [1.82, 2.24) is 0 Å². The van der Waals surface area contributed by atoms with Crippen molar-refractivity contribution >= 4 is 7.85 Å². The lowest BCUT2D eigenvalue weighted by molar-refractivity contribution is -0.162. The molecule has 74 valence electrons. The van der Waals surface area contributed by atoms with Gasteiger partial charge in [0.05, 0.1) is 19.2 Å². The van der Waals surface area contributed by atoms with Crippen LogP contribution in [0.5, 0.6) is 0 Å². The van der Waals surface area contributed by atoms with Crippen molar-refractivity contribution in [2.24, 2.45) is 0 Å². The first-order valence-corrected chi connectivity index (χ1v) is 4.36. The summed E-state index contributed by atoms with van der Waals surface area (Å²) in [6.07, 6.45) is -1.20. The van der Waals surface area contributed by atoms with Crippen LogP contribution in [0.25, 0.3) is 0 Å². The minimum Gasteiger partial charge on any atom is -0.393 e. The van der Waals surface area contributed by atoms with Crippen molar-refractivity contribution < 1.29 is 24.4 Å². The van der Waals surface area contributed by atoms with Gasteiger partial charge in [-0.05, 0) is 0 Å². The Morgan fingerprint density at radius 2 is 2.31 bits per heavy atom. The Hall–Kier alpha value is -0.135. The molecule has 2 bridgehead atoms. The molecule has 6 heteroatoms. The Balaban J connectivity index is 2.24. The van der Waals surface area contributed by atoms with Gasteiger partial charge in [0.25, 0.3) is 0 Å². The Bertz CT molecular complexity index is 201. The second-order valence-corrected chi connectivity index (χ2v) is 3.59. The van der Waals surface area contributed by atoms with Gasteiger partial charge in [-0.25, -0.2) is 0 Å². The van der Waals surface area contributed by atoms with Gasteiger partial charge in [-0.1, -0.05) is 0 Å². The average molecular weight is 188 g/mol. The molecule has 0 amide bonds. The van der Waals surface area contributed by atoms with Gasteiger partial charge in [0.2, 0.25) is 0 Å². The van der Waals surface area contributed by atoms with E-state index in [0.29, 0.717) is 0 Å². The van der Waals surface area contributed by atoms with Gasteiger partial charge in [0.15, 0.2) is 0 Å². The number of fused-ring (bicyclic) bond motifs is 2. The molecule has 0 aromatic carbocycles. The fourth-order valence-electron chi connectivity index (χ4n) is 1.93. The SMILES string of the molecule is B[C@@H]1O[C@@]2(CO)COCO[C@H]1C2O. The number of rotatable bonds is 1. The predicted octanol–water partition coefficient (Wildman–Crippen LogP) is -2.56. The summed E-state index contributed by atoms with van der Waals surface area (Å²) in [5.74, 6) is 0. The van der Waals surface area contributed by atoms with Crippen LogP contribution in [0.2, 0.25) is 0 Å². The molecule has 2 aliphatic heterocycles. The second kappa shape index (κ2) is 3.22. The molecular weight excluding hydrogens is 175 g/mol. The number of aliphatic hydroxyl groups is 2. The first-order valence-electron chi connectivity index (χ1n) is 4.36. The zero-order valence-corrected chi connectivity index (χ0v) is 7.47. The van der Waals surface area contributed by atoms with E-state index in [4.69, 9.17) is 19.3 Å². The summed E-state index contributed by atoms with van der Waals surface area (Å²) in [7, 11) is 1.82. The number of ether oxygens (including phenoxy) is 3. The van der Waals surface area contributed by atoms with E-state index in [0.717, 1.165) is 0 Å². The molecule has 2 saturated heterocycles. The number of hydrogen-bond acceptors (Lipinski definition) is 5. The molecule has 2 N–H and O–H groups in total. The minimum atomic E-state index is -0.986. The van der Waals surface area contributed by atoms with Crippen LogP contribution in [-0.4, -0.2) is 61.9 Å². The first-order chi connectivity index (χ1) is 6.19. The highest BCUT2D eigenvalue weighted by molar-refractivity contribution is 6.11. The summed E-state index contributed by atoms with van der Waals surface area (Å²) in [4.78, 5) is 0. The molecule has 2 aliphatic rings. The molecule has 0 saturated carbocycles. The molecule has 2 rings (SSSR count). The van der Waals surface area contributed by atoms with Gasteiger partial charge in [-0.2, -0.15) is 0 Å². The molecule has 0 radical (unpaired) electrons. The van der Waals surface area contributed by atoms with Gasteiger partial charge in [0.1, 0.15) is 32.4 Å². The van der Waals surface area contributed by atoms with Gasteiger partial charge in [-0.15, -0.1) is 0 Å². The van der Waals surface area contributed by atoms with Gasteiger partial charge in [0, 0.05) is 0 Å². The van der Waals surface area contributed by atoms with E-state index in [1.54, 1.807) is 0 Å². The highest BCUT2D eigenvalue weighted by Gasteiger charge is 2.54. The molecule has 0 spiro atoms. The third-order valence-electron chi connectivity index (χ3n) is 2.69. The Labute approximate surface area is 77.0 Å². The van der Waals surface area contributed by atoms with Crippen LogP contribution < -0.4 is 0 Å². The standard InChI is InChI=1S/C7H13BO5/c8-6-4-5(10)7(1-9,13-6)2-11-3-12-4/h4-6,9-10H,1-3,8H2/t4-,5?,6+,7-/m0/s1. The minimum absolute atomic E-state index is 0.150. The van der Waals surface area contributed by atoms with E-state index < -0.39 is 17.8 Å². The molecule has 0 aliphatic carbocycles. The first kappa shape index (κ1) is 9.42. The molecule has 0 aromatic rings. The largest absolute Gasteiger partial charge is 0.393 e. The molecule has 4 atom stereocenters. The van der Waals surface area contributed by atoms with Crippen molar-refractivity contribution in [2.45, 2.75) is 23.8 Å². The smallest absolute Gasteiger partial charge is 0.147 e. The van der Waals surface area contributed by atoms with Crippen molar-refractivity contribution in [3.05, 3.63) is 0 Å². The van der Waals surface area contributed by atoms with Crippen LogP contribution >= 0.6 is 0 Å². The Morgan fingerprint density at radius 3 is 3.00 bits per heavy atom. The maximum absolute atomic E-state index is 9.82. The second-order valence-electron chi connectivity index (χ2n) is 3.59. The fraction of sp³-hybridized carbons (Fsp3) is 1.00. The van der Waals surface area contributed by atoms with Crippen LogP contribution in [0.3, 0.4) is 0 Å². The summed E-state index contributed by atoms with van der Waals surface area (Å²) in [5, 5.41) is 19.0. The molecule has 13 heavy (non-hydrogen) atoms. The zero-order chi connectivity index (χ0) is 9.47. The van der Waals surface area contributed by atoms with E-state index in [-0.39, 0.29) is 26.0 Å². The van der Waals surface area contributed by atoms with E-state index >= 15 is 0 Å². The summed E-state index contributed by atoms with van der Waals surface area (Å²) in [6.45, 7) is 0.0705. The third kappa shape index (κ3) is 1.29. The predicted molar refractivity (Wildman–Crippen MR) is 44.9 cm³/mol. The van der Waals surface area contributed by atoms with Crippen LogP contribution in [0.1, 0.15) is 0 Å². The van der Waals surface area contributed by atoms with Crippen LogP contribution in [-0.2, 0) is 14.2 Å². The maximum atomic E-state index is 9.82. The Morgan fingerprint density at radius 1 is 1.54 bits per heavy atom. The lowest BCUT2D eigenvalue weighted by Crippen LogP contribution is -2.48. The summed E-state index contributed by atoms with van der Waals surface area (Å²) >= 11 is 0. The third-order valence-corrected chi connectivity index (χ3v) is 2.69. The molecule has 1 unspecified atom stereocenters. The molecule has 0 aromatic heterocycles. The van der Waals surface area contributed by atoms with Gasteiger partial charge >= 0.3 is 0 Å². The van der Waals surface area contributed by atoms with E-state index in [1.807, 2.05) is 7.85 Å². The molecule has 2 heterocycles. The average Bonchev–Trinajstić information content (AvgIpc) is 2.26. The number of hydrogen-bond donors (Lipinski definition) is 2. The number of aliphatic hydroxyl groups excluding tert-OH is 2. The topological polar surface area (TPSA) is 68.2 Å². The van der Waals surface area contributed by atoms with E-state index in [2.05, 4.69) is 0 Å². The Kier molecular flexibility index (Phi) is 2.33. The molecular formula is C7H13BO5. The van der Waals surface area contributed by atoms with Crippen LogP contribution in [0, 0.1) is 0 Å². The van der Waals surface area contributed by atoms with Gasteiger partial charge in [-0.3, -0.25) is 0 Å². The van der Waals surface area contributed by atoms with Crippen LogP contribution in [0.4, 0.5) is 0 Å². The monoisotopic (exact) mass is 188 g/mol. The van der Waals surface area contributed by atoms with Crippen molar-refractivity contribution in [1.29, 1.82) is 0 Å². The van der Waals surface area contributed by atoms with Crippen molar-refractivity contribution in [3.63, 3.8) is 0 Å². The summed E-state index contributed by atoms with van der Waals surface area (Å²) in [6, 6.07) is -0.203. The summed E-state index contributed by atoms with van der Waals surface area (Å²) in [5.41, 5.74) is -0.986. The van der Waals surface area contributed by atoms with Crippen molar-refractivity contribution in [3.8, 4) is 0 Å². The quantitative estimate of drug-likeness (QED) is 0.443. The molecule has 5 nitrogen and oxygen atoms in total. The van der Waals surface area contributed by atoms with Crippen LogP contribution in [0.15, 0.2) is 0 Å². The van der Waals surface area contributed by atoms with Gasteiger partial charge < -0.3 is 24.4 Å². The normalized spacial score (nSPS) is 50.5. The highest BCUT2D eigenvalue weighted by Crippen LogP contribution is 2.33. The zero-order valence-electron chi connectivity index (χ0n) is 7.47. The highest BCUT2D eigenvalue weighted by atomic mass is 16.7. The van der Waals surface area contributed by atoms with E-state index in [9.17, 15) is 5.11 Å². The molecule has 2 fully saturated rings. The lowest BCUT2D eigenvalue weighted by Gasteiger charge is -2.28. The van der Waals surface area contributed by atoms with E-state index in [1.165, 1.54) is 0 Å². The fourth-order valence-corrected chi connectivity index (χ4v) is 1.93. The summed E-state index contributed by atoms with van der Waals surface area (Å²) < 4.78 is 15.8. The maximum Gasteiger partial charge on any atom is 0.147 e. The van der Waals surface area contributed by atoms with Crippen molar-refractivity contribution in [2.75, 3.05) is 20.0 Å².